The fourth-order valence-corrected chi connectivity index (χ4v) is 4.04. The third-order valence-electron chi connectivity index (χ3n) is 5.26. The van der Waals surface area contributed by atoms with Gasteiger partial charge in [-0.2, -0.15) is 0 Å². The summed E-state index contributed by atoms with van der Waals surface area (Å²) in [6.45, 7) is 4.08. The highest BCUT2D eigenvalue weighted by molar-refractivity contribution is 5.93. The van der Waals surface area contributed by atoms with Crippen LogP contribution in [-0.2, 0) is 9.53 Å². The summed E-state index contributed by atoms with van der Waals surface area (Å²) >= 11 is 0. The van der Waals surface area contributed by atoms with Gasteiger partial charge in [0.05, 0.1) is 23.7 Å². The Kier molecular flexibility index (Phi) is 4.12. The van der Waals surface area contributed by atoms with Crippen molar-refractivity contribution in [2.45, 2.75) is 26.2 Å². The summed E-state index contributed by atoms with van der Waals surface area (Å²) < 4.78 is 7.51. The van der Waals surface area contributed by atoms with Crippen LogP contribution < -0.4 is 10.6 Å². The van der Waals surface area contributed by atoms with Crippen LogP contribution in [0.25, 0.3) is 5.57 Å². The minimum Gasteiger partial charge on any atom is -0.466 e. The van der Waals surface area contributed by atoms with Gasteiger partial charge in [0, 0.05) is 23.1 Å². The number of carbonyl (C=O) groups is 1. The van der Waals surface area contributed by atoms with Crippen LogP contribution in [0.5, 0.6) is 0 Å². The molecule has 1 aromatic carbocycles. The lowest BCUT2D eigenvalue weighted by atomic mass is 9.92. The van der Waals surface area contributed by atoms with E-state index < -0.39 is 0 Å². The van der Waals surface area contributed by atoms with Gasteiger partial charge in [-0.15, -0.1) is 0 Å². The summed E-state index contributed by atoms with van der Waals surface area (Å²) in [5.74, 6) is 0.0679. The van der Waals surface area contributed by atoms with Gasteiger partial charge in [0.15, 0.2) is 6.21 Å². The smallest absolute Gasteiger partial charge is 0.335 e. The molecule has 1 unspecified atom stereocenters. The largest absolute Gasteiger partial charge is 0.466 e. The molecule has 0 spiro atoms. The molecule has 3 aliphatic heterocycles. The van der Waals surface area contributed by atoms with Gasteiger partial charge < -0.3 is 4.74 Å². The molecule has 0 saturated carbocycles. The quantitative estimate of drug-likeness (QED) is 0.610. The number of hydrogen-bond acceptors (Lipinski definition) is 3. The minimum atomic E-state index is -0.251. The molecule has 25 heavy (non-hydrogen) atoms. The Morgan fingerprint density at radius 3 is 3.00 bits per heavy atom. The molecule has 0 aromatic heterocycles. The van der Waals surface area contributed by atoms with Crippen LogP contribution in [0.3, 0.4) is 0 Å². The molecule has 0 fully saturated rings. The van der Waals surface area contributed by atoms with E-state index in [9.17, 15) is 4.79 Å². The number of para-hydroxylation sites is 1. The summed E-state index contributed by atoms with van der Waals surface area (Å²) in [5.41, 5.74) is 4.08. The second-order valence-corrected chi connectivity index (χ2v) is 6.86. The zero-order valence-corrected chi connectivity index (χ0v) is 14.8. The van der Waals surface area contributed by atoms with Crippen molar-refractivity contribution < 1.29 is 14.1 Å². The van der Waals surface area contributed by atoms with Crippen molar-refractivity contribution in [2.24, 2.45) is 10.9 Å². The van der Waals surface area contributed by atoms with E-state index in [-0.39, 0.29) is 5.97 Å². The number of benzene rings is 1. The summed E-state index contributed by atoms with van der Waals surface area (Å²) in [7, 11) is 1.46. The van der Waals surface area contributed by atoms with E-state index in [1.54, 1.807) is 0 Å². The lowest BCUT2D eigenvalue weighted by molar-refractivity contribution is -0.528. The average molecular weight is 335 g/mol. The molecule has 2 bridgehead atoms. The molecular formula is C21H23N2O2+. The maximum Gasteiger partial charge on any atom is 0.335 e. The third-order valence-corrected chi connectivity index (χ3v) is 5.26. The molecule has 0 saturated heterocycles. The highest BCUT2D eigenvalue weighted by Gasteiger charge is 2.31. The second kappa shape index (κ2) is 6.43. The zero-order chi connectivity index (χ0) is 17.4. The first-order valence-corrected chi connectivity index (χ1v) is 8.98. The van der Waals surface area contributed by atoms with Gasteiger partial charge in [-0.05, 0) is 24.5 Å². The molecule has 0 amide bonds. The normalized spacial score (nSPS) is 24.7. The van der Waals surface area contributed by atoms with Crippen molar-refractivity contribution in [3.05, 3.63) is 57.8 Å². The number of allylic oxidation sites excluding steroid dienone is 2. The fourth-order valence-electron chi connectivity index (χ4n) is 4.04. The van der Waals surface area contributed by atoms with E-state index in [4.69, 9.17) is 9.73 Å². The Morgan fingerprint density at radius 1 is 1.36 bits per heavy atom. The average Bonchev–Trinajstić information content (AvgIpc) is 3.02. The summed E-state index contributed by atoms with van der Waals surface area (Å²) in [6.07, 6.45) is 7.17. The van der Waals surface area contributed by atoms with Crippen molar-refractivity contribution in [2.75, 3.05) is 20.2 Å². The van der Waals surface area contributed by atoms with Crippen LogP contribution in [0.2, 0.25) is 0 Å². The van der Waals surface area contributed by atoms with E-state index in [0.29, 0.717) is 17.9 Å². The summed E-state index contributed by atoms with van der Waals surface area (Å²) in [5, 5.41) is 2.11. The van der Waals surface area contributed by atoms with Gasteiger partial charge in [0.2, 0.25) is 0 Å². The van der Waals surface area contributed by atoms with Crippen LogP contribution in [0.15, 0.2) is 52.2 Å². The molecular weight excluding hydrogens is 312 g/mol. The predicted octanol–water partition coefficient (Wildman–Crippen LogP) is 1.74. The Morgan fingerprint density at radius 2 is 2.20 bits per heavy atom. The van der Waals surface area contributed by atoms with Crippen molar-refractivity contribution in [3.8, 4) is 0 Å². The molecule has 1 atom stereocenters. The molecule has 3 heterocycles. The molecule has 0 aliphatic carbocycles. The third kappa shape index (κ3) is 2.86. The van der Waals surface area contributed by atoms with Crippen LogP contribution in [0.1, 0.15) is 26.2 Å². The first-order valence-electron chi connectivity index (χ1n) is 8.98. The summed E-state index contributed by atoms with van der Waals surface area (Å²) in [6, 6.07) is 8.16. The van der Waals surface area contributed by atoms with Crippen molar-refractivity contribution in [1.29, 1.82) is 0 Å². The number of esters is 1. The van der Waals surface area contributed by atoms with Gasteiger partial charge in [-0.1, -0.05) is 31.2 Å². The Balaban J connectivity index is 1.91. The van der Waals surface area contributed by atoms with E-state index in [1.807, 2.05) is 18.2 Å². The van der Waals surface area contributed by atoms with Gasteiger partial charge in [-0.25, -0.2) is 14.4 Å². The van der Waals surface area contributed by atoms with E-state index in [2.05, 4.69) is 29.9 Å². The lowest BCUT2D eigenvalue weighted by Gasteiger charge is -2.17. The van der Waals surface area contributed by atoms with Gasteiger partial charge in [0.1, 0.15) is 13.1 Å². The number of hydrogen-bond donors (Lipinski definition) is 0. The molecule has 128 valence electrons. The first kappa shape index (κ1) is 16.0. The topological polar surface area (TPSA) is 41.7 Å². The number of fused-ring (bicyclic) bond motifs is 4. The predicted molar refractivity (Wildman–Crippen MR) is 96.8 cm³/mol. The molecule has 4 rings (SSSR count). The number of methoxy groups -OCH3 is 1. The Hall–Kier alpha value is -2.49. The van der Waals surface area contributed by atoms with Gasteiger partial charge >= 0.3 is 5.97 Å². The van der Waals surface area contributed by atoms with Crippen LogP contribution in [-0.4, -0.2) is 37.0 Å². The first-order chi connectivity index (χ1) is 12.2. The van der Waals surface area contributed by atoms with Gasteiger partial charge in [-0.3, -0.25) is 0 Å². The maximum atomic E-state index is 12.6. The molecule has 4 nitrogen and oxygen atoms in total. The second-order valence-electron chi connectivity index (χ2n) is 6.86. The van der Waals surface area contributed by atoms with Crippen molar-refractivity contribution in [3.63, 3.8) is 0 Å². The SMILES string of the molecule is CCC1=CC2C/C(C(=O)OC)=C3/N=c4ccccc4=C3CC[N+](=C1)C2. The monoisotopic (exact) mass is 335 g/mol. The molecule has 3 aliphatic rings. The molecule has 4 heteroatoms. The van der Waals surface area contributed by atoms with Gasteiger partial charge in [0.25, 0.3) is 0 Å². The summed E-state index contributed by atoms with van der Waals surface area (Å²) in [4.78, 5) is 17.4. The van der Waals surface area contributed by atoms with Crippen LogP contribution in [0.4, 0.5) is 0 Å². The molecule has 0 radical (unpaired) electrons. The Labute approximate surface area is 147 Å². The minimum absolute atomic E-state index is 0.251. The zero-order valence-electron chi connectivity index (χ0n) is 14.8. The van der Waals surface area contributed by atoms with Crippen molar-refractivity contribution in [1.82, 2.24) is 0 Å². The van der Waals surface area contributed by atoms with E-state index in [1.165, 1.54) is 18.3 Å². The van der Waals surface area contributed by atoms with Crippen LogP contribution >= 0.6 is 0 Å². The highest BCUT2D eigenvalue weighted by Crippen LogP contribution is 2.30. The fraction of sp³-hybridized carbons (Fsp3) is 0.381. The number of nitrogens with zero attached hydrogens (tertiary/aromatic N) is 2. The Bertz CT molecular complexity index is 950. The number of carbonyl (C=O) groups excluding carboxylic acids is 1. The van der Waals surface area contributed by atoms with E-state index >= 15 is 0 Å². The lowest BCUT2D eigenvalue weighted by Crippen LogP contribution is -2.28. The standard InChI is InChI=1S/C21H23N2O2/c1-3-14-10-15-11-18(21(24)25-2)20-17(8-9-23(12-14)13-15)16-6-4-5-7-19(16)22-20/h4-7,10,12,15H,3,8-9,11,13H2,1-2H3/q+1/b20-18-. The molecule has 0 N–H and O–H groups in total. The number of ether oxygens (including phenoxy) is 1. The van der Waals surface area contributed by atoms with Crippen LogP contribution in [0, 0.1) is 5.92 Å². The van der Waals surface area contributed by atoms with Crippen molar-refractivity contribution >= 4 is 17.8 Å². The number of rotatable bonds is 2. The molecule has 1 aromatic rings. The highest BCUT2D eigenvalue weighted by atomic mass is 16.5. The van der Waals surface area contributed by atoms with E-state index in [0.717, 1.165) is 42.2 Å². The maximum absolute atomic E-state index is 12.6.